The first-order valence-electron chi connectivity index (χ1n) is 8.72. The third kappa shape index (κ3) is 3.07. The van der Waals surface area contributed by atoms with E-state index in [1.807, 2.05) is 70.5 Å². The van der Waals surface area contributed by atoms with E-state index in [9.17, 15) is 4.79 Å². The molecule has 2 aliphatic rings. The average Bonchev–Trinajstić information content (AvgIpc) is 3.49. The van der Waals surface area contributed by atoms with Crippen molar-refractivity contribution in [1.82, 2.24) is 4.90 Å². The molecule has 2 amide bonds. The number of hydrogen-bond acceptors (Lipinski definition) is 1. The molecule has 0 aromatic heterocycles. The predicted molar refractivity (Wildman–Crippen MR) is 97.5 cm³/mol. The molecule has 0 unspecified atom stereocenters. The van der Waals surface area contributed by atoms with Crippen LogP contribution in [0.15, 0.2) is 71.8 Å². The second kappa shape index (κ2) is 6.52. The highest BCUT2D eigenvalue weighted by Gasteiger charge is 2.28. The number of benzene rings is 2. The second-order valence-electron chi connectivity index (χ2n) is 6.48. The first-order chi connectivity index (χ1) is 11.8. The topological polar surface area (TPSA) is 23.6 Å². The zero-order valence-electron chi connectivity index (χ0n) is 13.8. The molecule has 1 aliphatic heterocycles. The third-order valence-electron chi connectivity index (χ3n) is 4.86. The summed E-state index contributed by atoms with van der Waals surface area (Å²) in [5, 5.41) is 0. The summed E-state index contributed by atoms with van der Waals surface area (Å²) < 4.78 is 0. The lowest BCUT2D eigenvalue weighted by atomic mass is 10.0. The SMILES string of the molecule is O=C(N1CCC(=C2CC2)CC1)N(c1ccccc1)c1ccccc1. The molecular formula is C21H22N2O. The Morgan fingerprint density at radius 2 is 1.17 bits per heavy atom. The molecule has 0 N–H and O–H groups in total. The summed E-state index contributed by atoms with van der Waals surface area (Å²) in [5.41, 5.74) is 5.08. The van der Waals surface area contributed by atoms with Crippen molar-refractivity contribution < 1.29 is 4.79 Å². The Bertz CT molecular complexity index is 696. The highest BCUT2D eigenvalue weighted by molar-refractivity contribution is 5.99. The molecule has 24 heavy (non-hydrogen) atoms. The maximum absolute atomic E-state index is 13.2. The normalized spacial score (nSPS) is 16.9. The van der Waals surface area contributed by atoms with E-state index in [0.717, 1.165) is 37.3 Å². The van der Waals surface area contributed by atoms with Crippen molar-refractivity contribution in [3.63, 3.8) is 0 Å². The average molecular weight is 318 g/mol. The summed E-state index contributed by atoms with van der Waals surface area (Å²) in [7, 11) is 0. The minimum Gasteiger partial charge on any atom is -0.323 e. The van der Waals surface area contributed by atoms with Crippen LogP contribution in [-0.4, -0.2) is 24.0 Å². The zero-order chi connectivity index (χ0) is 16.4. The molecule has 1 saturated heterocycles. The molecule has 2 aromatic carbocycles. The van der Waals surface area contributed by atoms with Gasteiger partial charge in [0.1, 0.15) is 0 Å². The molecule has 1 aliphatic carbocycles. The van der Waals surface area contributed by atoms with Crippen LogP contribution in [0.4, 0.5) is 16.2 Å². The van der Waals surface area contributed by atoms with E-state index in [1.54, 1.807) is 11.1 Å². The van der Waals surface area contributed by atoms with Gasteiger partial charge >= 0.3 is 6.03 Å². The van der Waals surface area contributed by atoms with Gasteiger partial charge in [0.15, 0.2) is 0 Å². The lowest BCUT2D eigenvalue weighted by Gasteiger charge is -2.34. The van der Waals surface area contributed by atoms with Crippen molar-refractivity contribution in [3.05, 3.63) is 71.8 Å². The Labute approximate surface area is 143 Å². The van der Waals surface area contributed by atoms with Gasteiger partial charge in [-0.1, -0.05) is 47.5 Å². The number of allylic oxidation sites excluding steroid dienone is 1. The number of urea groups is 1. The van der Waals surface area contributed by atoms with Crippen LogP contribution in [0.3, 0.4) is 0 Å². The molecule has 2 aromatic rings. The molecule has 1 heterocycles. The summed E-state index contributed by atoms with van der Waals surface area (Å²) in [6.45, 7) is 1.65. The van der Waals surface area contributed by atoms with Crippen LogP contribution in [0.1, 0.15) is 25.7 Å². The summed E-state index contributed by atoms with van der Waals surface area (Å²) in [6, 6.07) is 19.9. The number of amides is 2. The molecule has 4 rings (SSSR count). The van der Waals surface area contributed by atoms with E-state index in [-0.39, 0.29) is 6.03 Å². The molecule has 0 radical (unpaired) electrons. The fourth-order valence-electron chi connectivity index (χ4n) is 3.40. The predicted octanol–water partition coefficient (Wildman–Crippen LogP) is 5.13. The number of para-hydroxylation sites is 2. The number of likely N-dealkylation sites (tertiary alicyclic amines) is 1. The van der Waals surface area contributed by atoms with E-state index in [0.29, 0.717) is 0 Å². The van der Waals surface area contributed by atoms with Crippen molar-refractivity contribution in [2.45, 2.75) is 25.7 Å². The second-order valence-corrected chi connectivity index (χ2v) is 6.48. The highest BCUT2D eigenvalue weighted by Crippen LogP contribution is 2.36. The Morgan fingerprint density at radius 3 is 1.62 bits per heavy atom. The molecule has 3 heteroatoms. The maximum atomic E-state index is 13.2. The smallest absolute Gasteiger partial charge is 0.323 e. The van der Waals surface area contributed by atoms with Crippen LogP contribution >= 0.6 is 0 Å². The standard InChI is InChI=1S/C21H22N2O/c24-21(22-15-13-18(14-16-22)17-11-12-17)23(19-7-3-1-4-8-19)20-9-5-2-6-10-20/h1-10H,11-16H2. The van der Waals surface area contributed by atoms with Crippen LogP contribution in [0.25, 0.3) is 0 Å². The van der Waals surface area contributed by atoms with E-state index < -0.39 is 0 Å². The fraction of sp³-hybridized carbons (Fsp3) is 0.286. The Kier molecular flexibility index (Phi) is 4.08. The molecule has 0 bridgehead atoms. The van der Waals surface area contributed by atoms with Crippen molar-refractivity contribution in [1.29, 1.82) is 0 Å². The Morgan fingerprint density at radius 1 is 0.708 bits per heavy atom. The minimum atomic E-state index is 0.0762. The molecule has 3 nitrogen and oxygen atoms in total. The van der Waals surface area contributed by atoms with Crippen LogP contribution in [0.2, 0.25) is 0 Å². The van der Waals surface area contributed by atoms with E-state index in [4.69, 9.17) is 0 Å². The fourth-order valence-corrected chi connectivity index (χ4v) is 3.40. The van der Waals surface area contributed by atoms with Gasteiger partial charge in [0, 0.05) is 13.1 Å². The monoisotopic (exact) mass is 318 g/mol. The summed E-state index contributed by atoms with van der Waals surface area (Å²) in [6.07, 6.45) is 4.64. The molecule has 122 valence electrons. The molecule has 0 spiro atoms. The van der Waals surface area contributed by atoms with Gasteiger partial charge in [-0.3, -0.25) is 4.90 Å². The van der Waals surface area contributed by atoms with Crippen molar-refractivity contribution >= 4 is 17.4 Å². The van der Waals surface area contributed by atoms with Gasteiger partial charge in [0.25, 0.3) is 0 Å². The largest absolute Gasteiger partial charge is 0.329 e. The van der Waals surface area contributed by atoms with Gasteiger partial charge in [0.2, 0.25) is 0 Å². The zero-order valence-corrected chi connectivity index (χ0v) is 13.8. The van der Waals surface area contributed by atoms with E-state index >= 15 is 0 Å². The summed E-state index contributed by atoms with van der Waals surface area (Å²) in [5.74, 6) is 0. The molecule has 1 saturated carbocycles. The highest BCUT2D eigenvalue weighted by atomic mass is 16.2. The Balaban J connectivity index is 1.59. The van der Waals surface area contributed by atoms with Crippen molar-refractivity contribution in [3.8, 4) is 0 Å². The molecule has 2 fully saturated rings. The number of carbonyl (C=O) groups excluding carboxylic acids is 1. The summed E-state index contributed by atoms with van der Waals surface area (Å²) in [4.78, 5) is 17.0. The lowest BCUT2D eigenvalue weighted by molar-refractivity contribution is 0.203. The van der Waals surface area contributed by atoms with Gasteiger partial charge < -0.3 is 4.90 Å². The maximum Gasteiger partial charge on any atom is 0.329 e. The van der Waals surface area contributed by atoms with Crippen LogP contribution < -0.4 is 4.90 Å². The van der Waals surface area contributed by atoms with Crippen LogP contribution in [0, 0.1) is 0 Å². The molecule has 0 atom stereocenters. The van der Waals surface area contributed by atoms with Gasteiger partial charge in [-0.2, -0.15) is 0 Å². The summed E-state index contributed by atoms with van der Waals surface area (Å²) >= 11 is 0. The molecular weight excluding hydrogens is 296 g/mol. The number of hydrogen-bond donors (Lipinski definition) is 0. The lowest BCUT2D eigenvalue weighted by Crippen LogP contribution is -2.44. The first kappa shape index (κ1) is 15.0. The van der Waals surface area contributed by atoms with Gasteiger partial charge in [-0.25, -0.2) is 4.79 Å². The van der Waals surface area contributed by atoms with Crippen LogP contribution in [0.5, 0.6) is 0 Å². The quantitative estimate of drug-likeness (QED) is 0.704. The number of nitrogens with zero attached hydrogens (tertiary/aromatic N) is 2. The number of rotatable bonds is 2. The van der Waals surface area contributed by atoms with Gasteiger partial charge in [-0.05, 0) is 49.9 Å². The number of piperidine rings is 1. The van der Waals surface area contributed by atoms with Gasteiger partial charge in [-0.15, -0.1) is 0 Å². The van der Waals surface area contributed by atoms with Gasteiger partial charge in [0.05, 0.1) is 11.4 Å². The first-order valence-corrected chi connectivity index (χ1v) is 8.72. The van der Waals surface area contributed by atoms with Crippen molar-refractivity contribution in [2.24, 2.45) is 0 Å². The van der Waals surface area contributed by atoms with E-state index in [2.05, 4.69) is 0 Å². The number of anilines is 2. The van der Waals surface area contributed by atoms with Crippen LogP contribution in [-0.2, 0) is 0 Å². The number of carbonyl (C=O) groups is 1. The van der Waals surface area contributed by atoms with Crippen molar-refractivity contribution in [2.75, 3.05) is 18.0 Å². The third-order valence-corrected chi connectivity index (χ3v) is 4.86. The van der Waals surface area contributed by atoms with E-state index in [1.165, 1.54) is 12.8 Å². The Hall–Kier alpha value is -2.55. The minimum absolute atomic E-state index is 0.0762.